The number of hydrogen-bond donors (Lipinski definition) is 1. The van der Waals surface area contributed by atoms with Crippen LogP contribution < -0.4 is 26.6 Å². The fourth-order valence-electron chi connectivity index (χ4n) is 15.8. The third kappa shape index (κ3) is 8.66. The van der Waals surface area contributed by atoms with Gasteiger partial charge in [-0.15, -0.1) is 0 Å². The monoisotopic (exact) mass is 1350 g/mol. The predicted molar refractivity (Wildman–Crippen MR) is 404 cm³/mol. The second-order valence-electron chi connectivity index (χ2n) is 25.4. The molecule has 5 aromatic heterocycles. The molecule has 0 aliphatic heterocycles. The Hall–Kier alpha value is -11.9. The Labute approximate surface area is 568 Å². The number of aromatic nitrogens is 6. The maximum absolute atomic E-state index is 5.51. The van der Waals surface area contributed by atoms with Gasteiger partial charge >= 0.3 is 301 Å². The molecule has 1 aliphatic carbocycles. The van der Waals surface area contributed by atoms with E-state index in [0.29, 0.717) is 9.87 Å². The first-order chi connectivity index (χ1) is 48.1. The van der Waals surface area contributed by atoms with Crippen molar-refractivity contribution in [2.45, 2.75) is 10.8 Å². The molecule has 0 bridgehead atoms. The summed E-state index contributed by atoms with van der Waals surface area (Å²) in [4.78, 5) is 10.9. The molecule has 1 aliphatic rings. The number of rotatable bonds is 10. The van der Waals surface area contributed by atoms with Crippen LogP contribution in [-0.4, -0.2) is 36.7 Å². The number of hydrogen-bond acceptors (Lipinski definition) is 3. The zero-order chi connectivity index (χ0) is 63.8. The predicted octanol–water partition coefficient (Wildman–Crippen LogP) is 19.4. The molecule has 7 nitrogen and oxygen atoms in total. The summed E-state index contributed by atoms with van der Waals surface area (Å²) >= 11 is -0.169. The molecule has 0 radical (unpaired) electrons. The van der Waals surface area contributed by atoms with E-state index in [2.05, 4.69) is 346 Å². The third-order valence-electron chi connectivity index (χ3n) is 20.1. The summed E-state index contributed by atoms with van der Waals surface area (Å²) in [6.45, 7) is 2.34. The first-order valence-electron chi connectivity index (χ1n) is 33.3. The van der Waals surface area contributed by atoms with Crippen molar-refractivity contribution in [3.05, 3.63) is 327 Å². The molecule has 1 unspecified atom stereocenters. The van der Waals surface area contributed by atoms with Crippen LogP contribution in [0.4, 0.5) is 0 Å². The number of alkyl halides is 2. The summed E-state index contributed by atoms with van der Waals surface area (Å²) in [5.41, 5.74) is 24.1. The van der Waals surface area contributed by atoms with E-state index >= 15 is 0 Å². The summed E-state index contributed by atoms with van der Waals surface area (Å²) in [5, 5.41) is 17.6. The molecule has 8 heteroatoms. The molecule has 1 N–H and O–H groups in total. The molecule has 0 saturated heterocycles. The van der Waals surface area contributed by atoms with Crippen molar-refractivity contribution in [2.75, 3.05) is 9.85 Å². The van der Waals surface area contributed by atoms with Crippen LogP contribution in [-0.2, 0) is 0 Å². The first-order valence-corrected chi connectivity index (χ1v) is 36.1. The van der Waals surface area contributed by atoms with Gasteiger partial charge < -0.3 is 4.57 Å². The van der Waals surface area contributed by atoms with E-state index in [1.54, 1.807) is 0 Å². The number of fused-ring (bicyclic) bond motifs is 18. The number of allylic oxidation sites excluding steroid dienone is 5. The van der Waals surface area contributed by atoms with Gasteiger partial charge in [0.05, 0.1) is 33.3 Å². The number of benzene rings is 14. The van der Waals surface area contributed by atoms with Crippen LogP contribution in [0, 0.1) is 0 Å². The van der Waals surface area contributed by atoms with E-state index in [9.17, 15) is 0 Å². The Kier molecular flexibility index (Phi) is 12.7. The van der Waals surface area contributed by atoms with Gasteiger partial charge in [-0.2, -0.15) is 0 Å². The summed E-state index contributed by atoms with van der Waals surface area (Å²) < 4.78 is 11.3. The van der Waals surface area contributed by atoms with Gasteiger partial charge in [-0.1, -0.05) is 140 Å². The third-order valence-corrected chi connectivity index (χ3v) is 23.0. The average Bonchev–Trinajstić information content (AvgIpc) is 1.56. The van der Waals surface area contributed by atoms with Gasteiger partial charge in [0.1, 0.15) is 0 Å². The van der Waals surface area contributed by atoms with Crippen LogP contribution in [0.3, 0.4) is 0 Å². The zero-order valence-electron chi connectivity index (χ0n) is 52.9. The molecule has 1 atom stereocenters. The quantitative estimate of drug-likeness (QED) is 0.110. The molecule has 0 spiro atoms. The summed E-state index contributed by atoms with van der Waals surface area (Å²) in [6, 6.07) is 107. The van der Waals surface area contributed by atoms with E-state index in [-0.39, 0.29) is 21.2 Å². The molecule has 0 fully saturated rings. The Balaban J connectivity index is 0.833. The minimum atomic E-state index is -0.169. The minimum absolute atomic E-state index is 0.169. The van der Waals surface area contributed by atoms with Gasteiger partial charge in [0.2, 0.25) is 5.95 Å². The molecule has 14 aromatic carbocycles. The first kappa shape index (κ1) is 55.6. The van der Waals surface area contributed by atoms with Crippen molar-refractivity contribution < 1.29 is 21.2 Å². The zero-order valence-corrected chi connectivity index (χ0v) is 55.0. The second-order valence-corrected chi connectivity index (χ2v) is 29.2. The number of para-hydroxylation sites is 3. The van der Waals surface area contributed by atoms with E-state index in [0.717, 1.165) is 111 Å². The molecule has 20 rings (SSSR count). The summed E-state index contributed by atoms with van der Waals surface area (Å²) in [6.07, 6.45) is 9.22. The van der Waals surface area contributed by atoms with Crippen LogP contribution in [0.15, 0.2) is 321 Å². The fourth-order valence-corrected chi connectivity index (χ4v) is 18.3. The van der Waals surface area contributed by atoms with E-state index < -0.39 is 0 Å². The standard InChI is InChI=1S/C89H59IN7/c1-2-90-76-37-19-16-35-69(76)86(59-27-8-4-9-28-59)93-97-83-50-61(45-46-66(83)73-52-74-67-47-43-55-23-12-14-32-63(55)87(67)94(80(74)54-84(73)97)62-30-10-5-11-31-62)60-42-41-57-29-22-40-79(71(57)49-60)95-81-53-82-72(51-75(81)68-48-44-56-24-13-15-33-64(56)88(68)95)65-34-18-21-39-78(65)96(82)89-91-77-38-20-17-36-70(77)85(92-89)58-25-6-3-7-26-58/h3-54,76,93H,2H2,1H3/q-1/b86-69-. The van der Waals surface area contributed by atoms with Crippen LogP contribution in [0.1, 0.15) is 12.5 Å². The van der Waals surface area contributed by atoms with Crippen molar-refractivity contribution in [3.63, 3.8) is 0 Å². The van der Waals surface area contributed by atoms with Gasteiger partial charge in [0.15, 0.2) is 0 Å². The molecule has 19 aromatic rings. The van der Waals surface area contributed by atoms with Crippen LogP contribution >= 0.6 is 0 Å². The van der Waals surface area contributed by atoms with Gasteiger partial charge in [-0.25, -0.2) is 9.97 Å². The second kappa shape index (κ2) is 22.1. The SMILES string of the molecule is CC[I-]C1C=CC=C/C1=C(/Nn1c2cc(-c3ccc4cccc(-n5c6cc7c(cc6c6ccc8ccccc8c65)c5ccccc5n7-c5nc(-c6ccccc6)c6ccccc6n5)c4c3)ccc2c2cc3c4ccc5ccccc5c4n(-c4ccccc4)c3cc21)c1ccccc1. The van der Waals surface area contributed by atoms with Crippen LogP contribution in [0.5, 0.6) is 0 Å². The van der Waals surface area contributed by atoms with Gasteiger partial charge in [-0.05, 0) is 35.7 Å². The van der Waals surface area contributed by atoms with E-state index in [1.165, 1.54) is 74.9 Å². The van der Waals surface area contributed by atoms with Crippen molar-refractivity contribution in [3.8, 4) is 39.7 Å². The number of halogens is 1. The van der Waals surface area contributed by atoms with Crippen LogP contribution in [0.25, 0.3) is 176 Å². The Morgan fingerprint density at radius 3 is 1.69 bits per heavy atom. The molecule has 0 amide bonds. The van der Waals surface area contributed by atoms with Crippen molar-refractivity contribution in [1.29, 1.82) is 0 Å². The number of nitrogens with one attached hydrogen (secondary N) is 1. The number of nitrogens with zero attached hydrogens (tertiary/aromatic N) is 6. The Morgan fingerprint density at radius 2 is 0.928 bits per heavy atom. The summed E-state index contributed by atoms with van der Waals surface area (Å²) in [7, 11) is 0. The van der Waals surface area contributed by atoms with Gasteiger partial charge in [-0.3, -0.25) is 4.57 Å². The molecule has 458 valence electrons. The Bertz CT molecular complexity index is 6600. The van der Waals surface area contributed by atoms with Gasteiger partial charge in [0, 0.05) is 37.9 Å². The fraction of sp³-hybridized carbons (Fsp3) is 0.0337. The molecule has 97 heavy (non-hydrogen) atoms. The van der Waals surface area contributed by atoms with Crippen LogP contribution in [0.2, 0.25) is 0 Å². The normalized spacial score (nSPS) is 14.1. The van der Waals surface area contributed by atoms with Crippen molar-refractivity contribution >= 4 is 136 Å². The topological polar surface area (TPSA) is 57.5 Å². The average molecular weight is 1350 g/mol. The molecular weight excluding hydrogens is 1290 g/mol. The van der Waals surface area contributed by atoms with Gasteiger partial charge in [0.25, 0.3) is 0 Å². The Morgan fingerprint density at radius 1 is 0.381 bits per heavy atom. The van der Waals surface area contributed by atoms with E-state index in [4.69, 9.17) is 9.97 Å². The van der Waals surface area contributed by atoms with Crippen molar-refractivity contribution in [2.24, 2.45) is 0 Å². The summed E-state index contributed by atoms with van der Waals surface area (Å²) in [5.74, 6) is 0.632. The van der Waals surface area contributed by atoms with E-state index in [1.807, 2.05) is 0 Å². The maximum atomic E-state index is 5.51. The molecular formula is C89H59IN7-. The van der Waals surface area contributed by atoms with Crippen molar-refractivity contribution in [1.82, 2.24) is 28.3 Å². The molecule has 0 saturated carbocycles. The molecule has 5 heterocycles.